The molecule has 0 radical (unpaired) electrons. The molecule has 0 bridgehead atoms. The SMILES string of the molecule is CCOC(=O)C1(c2ccccc2)CCN(CCCl)CC1.Cl. The monoisotopic (exact) mass is 331 g/mol. The van der Waals surface area contributed by atoms with Gasteiger partial charge in [-0.3, -0.25) is 4.79 Å². The number of hydrogen-bond acceptors (Lipinski definition) is 3. The molecule has 1 aromatic rings. The van der Waals surface area contributed by atoms with Crippen LogP contribution in [-0.4, -0.2) is 43.0 Å². The Hall–Kier alpha value is -0.770. The summed E-state index contributed by atoms with van der Waals surface area (Å²) < 4.78 is 5.35. The Labute approximate surface area is 138 Å². The number of carbonyl (C=O) groups is 1. The van der Waals surface area contributed by atoms with E-state index in [0.717, 1.165) is 38.0 Å². The Kier molecular flexibility index (Phi) is 7.50. The number of nitrogens with zero attached hydrogens (tertiary/aromatic N) is 1. The lowest BCUT2D eigenvalue weighted by Gasteiger charge is -2.40. The third-order valence-electron chi connectivity index (χ3n) is 4.10. The largest absolute Gasteiger partial charge is 0.465 e. The predicted molar refractivity (Wildman–Crippen MR) is 88.4 cm³/mol. The molecule has 21 heavy (non-hydrogen) atoms. The minimum Gasteiger partial charge on any atom is -0.465 e. The Morgan fingerprint density at radius 3 is 2.43 bits per heavy atom. The Balaban J connectivity index is 0.00000220. The molecule has 0 unspecified atom stereocenters. The van der Waals surface area contributed by atoms with E-state index in [9.17, 15) is 4.79 Å². The van der Waals surface area contributed by atoms with Crippen molar-refractivity contribution < 1.29 is 9.53 Å². The Bertz CT molecular complexity index is 431. The van der Waals surface area contributed by atoms with E-state index in [1.54, 1.807) is 0 Å². The second-order valence-electron chi connectivity index (χ2n) is 5.20. The van der Waals surface area contributed by atoms with Crippen LogP contribution in [0.5, 0.6) is 0 Å². The molecule has 1 aliphatic heterocycles. The van der Waals surface area contributed by atoms with Crippen molar-refractivity contribution in [3.05, 3.63) is 35.9 Å². The van der Waals surface area contributed by atoms with Crippen LogP contribution < -0.4 is 0 Å². The van der Waals surface area contributed by atoms with Gasteiger partial charge in [-0.15, -0.1) is 24.0 Å². The van der Waals surface area contributed by atoms with Crippen LogP contribution in [0.1, 0.15) is 25.3 Å². The molecular weight excluding hydrogens is 309 g/mol. The second kappa shape index (κ2) is 8.62. The zero-order chi connectivity index (χ0) is 14.4. The summed E-state index contributed by atoms with van der Waals surface area (Å²) in [5, 5.41) is 0. The Morgan fingerprint density at radius 1 is 1.29 bits per heavy atom. The van der Waals surface area contributed by atoms with Crippen molar-refractivity contribution in [2.45, 2.75) is 25.2 Å². The highest BCUT2D eigenvalue weighted by atomic mass is 35.5. The van der Waals surface area contributed by atoms with Crippen molar-refractivity contribution in [1.29, 1.82) is 0 Å². The summed E-state index contributed by atoms with van der Waals surface area (Å²) >= 11 is 5.80. The number of ether oxygens (including phenoxy) is 1. The lowest BCUT2D eigenvalue weighted by molar-refractivity contribution is -0.152. The first kappa shape index (κ1) is 18.3. The summed E-state index contributed by atoms with van der Waals surface area (Å²) in [7, 11) is 0. The average molecular weight is 332 g/mol. The number of esters is 1. The van der Waals surface area contributed by atoms with Gasteiger partial charge in [-0.05, 0) is 38.4 Å². The maximum absolute atomic E-state index is 12.5. The van der Waals surface area contributed by atoms with Crippen LogP contribution in [0.4, 0.5) is 0 Å². The van der Waals surface area contributed by atoms with Crippen LogP contribution in [0.2, 0.25) is 0 Å². The van der Waals surface area contributed by atoms with Crippen LogP contribution in [0.15, 0.2) is 30.3 Å². The summed E-state index contributed by atoms with van der Waals surface area (Å²) in [6.07, 6.45) is 1.60. The molecule has 2 rings (SSSR count). The second-order valence-corrected chi connectivity index (χ2v) is 5.58. The molecule has 1 heterocycles. The molecule has 1 fully saturated rings. The number of alkyl halides is 1. The smallest absolute Gasteiger partial charge is 0.316 e. The van der Waals surface area contributed by atoms with Crippen LogP contribution in [0.25, 0.3) is 0 Å². The molecule has 0 spiro atoms. The number of carbonyl (C=O) groups excluding carboxylic acids is 1. The standard InChI is InChI=1S/C16H22ClNO2.ClH/c1-2-20-15(19)16(14-6-4-3-5-7-14)8-11-18(12-9-16)13-10-17;/h3-7H,2,8-13H2,1H3;1H. The fraction of sp³-hybridized carbons (Fsp3) is 0.562. The number of likely N-dealkylation sites (tertiary alicyclic amines) is 1. The molecule has 0 aliphatic carbocycles. The maximum atomic E-state index is 12.5. The topological polar surface area (TPSA) is 29.5 Å². The molecule has 1 saturated heterocycles. The van der Waals surface area contributed by atoms with Crippen molar-refractivity contribution in [2.24, 2.45) is 0 Å². The number of hydrogen-bond donors (Lipinski definition) is 0. The summed E-state index contributed by atoms with van der Waals surface area (Å²) in [6.45, 7) is 4.95. The molecule has 3 nitrogen and oxygen atoms in total. The van der Waals surface area contributed by atoms with Gasteiger partial charge in [0.15, 0.2) is 0 Å². The van der Waals surface area contributed by atoms with E-state index in [-0.39, 0.29) is 18.4 Å². The molecule has 0 N–H and O–H groups in total. The molecule has 118 valence electrons. The molecular formula is C16H23Cl2NO2. The fourth-order valence-corrected chi connectivity index (χ4v) is 3.15. The summed E-state index contributed by atoms with van der Waals surface area (Å²) in [5.41, 5.74) is 0.587. The third-order valence-corrected chi connectivity index (χ3v) is 4.27. The van der Waals surface area contributed by atoms with Crippen LogP contribution in [-0.2, 0) is 14.9 Å². The van der Waals surface area contributed by atoms with Gasteiger partial charge in [0.1, 0.15) is 0 Å². The zero-order valence-corrected chi connectivity index (χ0v) is 14.0. The van der Waals surface area contributed by atoms with E-state index < -0.39 is 5.41 Å². The maximum Gasteiger partial charge on any atom is 0.316 e. The normalized spacial score (nSPS) is 17.8. The highest BCUT2D eigenvalue weighted by molar-refractivity contribution is 6.18. The molecule has 1 aliphatic rings. The van der Waals surface area contributed by atoms with E-state index in [4.69, 9.17) is 16.3 Å². The van der Waals surface area contributed by atoms with Gasteiger partial charge in [0.25, 0.3) is 0 Å². The van der Waals surface area contributed by atoms with E-state index in [1.807, 2.05) is 37.3 Å². The quantitative estimate of drug-likeness (QED) is 0.612. The Morgan fingerprint density at radius 2 is 1.90 bits per heavy atom. The molecule has 0 saturated carbocycles. The van der Waals surface area contributed by atoms with Gasteiger partial charge < -0.3 is 9.64 Å². The van der Waals surface area contributed by atoms with Crippen molar-refractivity contribution in [3.8, 4) is 0 Å². The van der Waals surface area contributed by atoms with Gasteiger partial charge >= 0.3 is 5.97 Å². The lowest BCUT2D eigenvalue weighted by Crippen LogP contribution is -2.48. The van der Waals surface area contributed by atoms with E-state index >= 15 is 0 Å². The summed E-state index contributed by atoms with van der Waals surface area (Å²) in [5.74, 6) is 0.550. The predicted octanol–water partition coefficient (Wildman–Crippen LogP) is 3.24. The van der Waals surface area contributed by atoms with E-state index in [0.29, 0.717) is 12.5 Å². The zero-order valence-electron chi connectivity index (χ0n) is 12.4. The first-order valence-corrected chi connectivity index (χ1v) is 7.77. The summed E-state index contributed by atoms with van der Waals surface area (Å²) in [4.78, 5) is 14.8. The molecule has 5 heteroatoms. The third kappa shape index (κ3) is 4.12. The van der Waals surface area contributed by atoms with Crippen molar-refractivity contribution in [1.82, 2.24) is 4.90 Å². The minimum absolute atomic E-state index is 0. The van der Waals surface area contributed by atoms with Crippen LogP contribution in [0.3, 0.4) is 0 Å². The molecule has 0 atom stereocenters. The van der Waals surface area contributed by atoms with E-state index in [1.165, 1.54) is 0 Å². The highest BCUT2D eigenvalue weighted by Gasteiger charge is 2.43. The minimum atomic E-state index is -0.486. The van der Waals surface area contributed by atoms with E-state index in [2.05, 4.69) is 4.90 Å². The molecule has 0 amide bonds. The van der Waals surface area contributed by atoms with Crippen molar-refractivity contribution in [2.75, 3.05) is 32.1 Å². The molecule has 1 aromatic carbocycles. The first-order chi connectivity index (χ1) is 9.73. The first-order valence-electron chi connectivity index (χ1n) is 7.24. The fourth-order valence-electron chi connectivity index (χ4n) is 2.91. The number of benzene rings is 1. The van der Waals surface area contributed by atoms with Crippen LogP contribution >= 0.6 is 24.0 Å². The van der Waals surface area contributed by atoms with Gasteiger partial charge in [-0.2, -0.15) is 0 Å². The van der Waals surface area contributed by atoms with Gasteiger partial charge in [-0.1, -0.05) is 30.3 Å². The average Bonchev–Trinajstić information content (AvgIpc) is 2.49. The summed E-state index contributed by atoms with van der Waals surface area (Å²) in [6, 6.07) is 10.0. The van der Waals surface area contributed by atoms with Crippen molar-refractivity contribution >= 4 is 30.0 Å². The van der Waals surface area contributed by atoms with Gasteiger partial charge in [0.05, 0.1) is 12.0 Å². The highest BCUT2D eigenvalue weighted by Crippen LogP contribution is 2.36. The lowest BCUT2D eigenvalue weighted by atomic mass is 9.72. The number of piperidine rings is 1. The van der Waals surface area contributed by atoms with Gasteiger partial charge in [0.2, 0.25) is 0 Å². The van der Waals surface area contributed by atoms with Crippen molar-refractivity contribution in [3.63, 3.8) is 0 Å². The number of rotatable bonds is 5. The number of halogens is 2. The molecule has 0 aromatic heterocycles. The van der Waals surface area contributed by atoms with Gasteiger partial charge in [-0.25, -0.2) is 0 Å². The van der Waals surface area contributed by atoms with Crippen LogP contribution in [0, 0.1) is 0 Å². The van der Waals surface area contributed by atoms with Gasteiger partial charge in [0, 0.05) is 12.4 Å².